The van der Waals surface area contributed by atoms with Crippen LogP contribution in [0.2, 0.25) is 0 Å². The molecule has 21 heavy (non-hydrogen) atoms. The number of rotatable bonds is 10. The zero-order valence-electron chi connectivity index (χ0n) is 13.9. The summed E-state index contributed by atoms with van der Waals surface area (Å²) in [7, 11) is 0. The second-order valence-corrected chi connectivity index (χ2v) is 7.38. The lowest BCUT2D eigenvalue weighted by Gasteiger charge is -2.20. The Morgan fingerprint density at radius 2 is 1.76 bits per heavy atom. The molecule has 1 aromatic carbocycles. The largest absolute Gasteiger partial charge is 0.381 e. The summed E-state index contributed by atoms with van der Waals surface area (Å²) in [6.45, 7) is 12.6. The maximum atomic E-state index is 5.77. The van der Waals surface area contributed by atoms with Crippen molar-refractivity contribution in [2.24, 2.45) is 11.8 Å². The molecule has 3 heteroatoms. The Kier molecular flexibility index (Phi) is 9.21. The lowest BCUT2D eigenvalue weighted by atomic mass is 9.96. The highest BCUT2D eigenvalue weighted by atomic mass is 79.9. The van der Waals surface area contributed by atoms with E-state index in [-0.39, 0.29) is 0 Å². The van der Waals surface area contributed by atoms with Crippen LogP contribution in [0.25, 0.3) is 0 Å². The van der Waals surface area contributed by atoms with Crippen LogP contribution in [-0.4, -0.2) is 26.3 Å². The first kappa shape index (κ1) is 18.7. The minimum atomic E-state index is 0.492. The van der Waals surface area contributed by atoms with Crippen molar-refractivity contribution in [3.8, 4) is 0 Å². The van der Waals surface area contributed by atoms with Crippen LogP contribution in [0.3, 0.4) is 0 Å². The van der Waals surface area contributed by atoms with Crippen LogP contribution in [0, 0.1) is 11.8 Å². The van der Waals surface area contributed by atoms with Gasteiger partial charge in [0.05, 0.1) is 0 Å². The van der Waals surface area contributed by atoms with Crippen LogP contribution in [0.15, 0.2) is 28.7 Å². The lowest BCUT2D eigenvalue weighted by molar-refractivity contribution is 0.103. The number of ether oxygens (including phenoxy) is 1. The van der Waals surface area contributed by atoms with Gasteiger partial charge in [0.2, 0.25) is 0 Å². The molecule has 0 amide bonds. The quantitative estimate of drug-likeness (QED) is 0.606. The number of hydrogen-bond donors (Lipinski definition) is 1. The van der Waals surface area contributed by atoms with Gasteiger partial charge in [-0.1, -0.05) is 61.8 Å². The summed E-state index contributed by atoms with van der Waals surface area (Å²) in [6.07, 6.45) is 1.06. The van der Waals surface area contributed by atoms with Crippen LogP contribution in [0.5, 0.6) is 0 Å². The summed E-state index contributed by atoms with van der Waals surface area (Å²) < 4.78 is 6.97. The maximum absolute atomic E-state index is 5.77. The van der Waals surface area contributed by atoms with E-state index in [9.17, 15) is 0 Å². The second-order valence-electron chi connectivity index (χ2n) is 6.53. The number of nitrogens with one attached hydrogen (secondary N) is 1. The molecule has 0 spiro atoms. The highest BCUT2D eigenvalue weighted by molar-refractivity contribution is 9.10. The molecule has 0 bridgehead atoms. The second kappa shape index (κ2) is 10.4. The highest BCUT2D eigenvalue weighted by Gasteiger charge is 2.14. The normalized spacial score (nSPS) is 13.1. The van der Waals surface area contributed by atoms with Gasteiger partial charge in [-0.25, -0.2) is 0 Å². The first-order valence-electron chi connectivity index (χ1n) is 8.03. The summed E-state index contributed by atoms with van der Waals surface area (Å²) in [5.74, 6) is 1.78. The van der Waals surface area contributed by atoms with Gasteiger partial charge >= 0.3 is 0 Å². The zero-order valence-corrected chi connectivity index (χ0v) is 15.4. The number of hydrogen-bond acceptors (Lipinski definition) is 2. The summed E-state index contributed by atoms with van der Waals surface area (Å²) >= 11 is 3.68. The third-order valence-corrected chi connectivity index (χ3v) is 4.07. The summed E-state index contributed by atoms with van der Waals surface area (Å²) in [5, 5.41) is 3.58. The Morgan fingerprint density at radius 3 is 2.38 bits per heavy atom. The van der Waals surface area contributed by atoms with E-state index < -0.39 is 0 Å². The molecule has 0 aliphatic heterocycles. The molecular formula is C18H30BrNO. The van der Waals surface area contributed by atoms with Crippen molar-refractivity contribution in [1.82, 2.24) is 5.32 Å². The minimum absolute atomic E-state index is 0.492. The Bertz CT molecular complexity index is 393. The van der Waals surface area contributed by atoms with Crippen LogP contribution in [0.1, 0.15) is 45.6 Å². The smallest absolute Gasteiger partial charge is 0.0488 e. The predicted molar refractivity (Wildman–Crippen MR) is 94.9 cm³/mol. The van der Waals surface area contributed by atoms with E-state index in [0.29, 0.717) is 17.8 Å². The molecule has 0 aliphatic carbocycles. The van der Waals surface area contributed by atoms with Crippen molar-refractivity contribution in [3.63, 3.8) is 0 Å². The van der Waals surface area contributed by atoms with Crippen molar-refractivity contribution in [1.29, 1.82) is 0 Å². The average molecular weight is 356 g/mol. The van der Waals surface area contributed by atoms with E-state index in [1.54, 1.807) is 0 Å². The van der Waals surface area contributed by atoms with E-state index in [1.807, 2.05) is 0 Å². The van der Waals surface area contributed by atoms with Gasteiger partial charge in [-0.05, 0) is 42.3 Å². The molecule has 0 aromatic heterocycles. The van der Waals surface area contributed by atoms with E-state index in [4.69, 9.17) is 4.74 Å². The molecule has 2 nitrogen and oxygen atoms in total. The molecule has 0 heterocycles. The Morgan fingerprint density at radius 1 is 1.05 bits per heavy atom. The number of benzene rings is 1. The van der Waals surface area contributed by atoms with E-state index in [2.05, 4.69) is 73.2 Å². The Hall–Kier alpha value is -0.380. The van der Waals surface area contributed by atoms with Gasteiger partial charge in [0.1, 0.15) is 0 Å². The zero-order chi connectivity index (χ0) is 15.7. The van der Waals surface area contributed by atoms with E-state index in [0.717, 1.165) is 32.7 Å². The van der Waals surface area contributed by atoms with E-state index >= 15 is 0 Å². The van der Waals surface area contributed by atoms with Crippen LogP contribution >= 0.6 is 15.9 Å². The lowest BCUT2D eigenvalue weighted by Crippen LogP contribution is -2.26. The third-order valence-electron chi connectivity index (χ3n) is 3.35. The van der Waals surface area contributed by atoms with Crippen LogP contribution < -0.4 is 5.32 Å². The van der Waals surface area contributed by atoms with Gasteiger partial charge < -0.3 is 10.1 Å². The van der Waals surface area contributed by atoms with Gasteiger partial charge in [0, 0.05) is 24.2 Å². The molecule has 1 rings (SSSR count). The molecule has 0 saturated heterocycles. The fraction of sp³-hybridized carbons (Fsp3) is 0.667. The SMILES string of the molecule is CC(C)CNCC(CCOCC(C)C)c1ccccc1Br. The van der Waals surface area contributed by atoms with Crippen molar-refractivity contribution >= 4 is 15.9 Å². The first-order chi connectivity index (χ1) is 10.0. The Labute approximate surface area is 138 Å². The van der Waals surface area contributed by atoms with Gasteiger partial charge in [0.15, 0.2) is 0 Å². The molecule has 120 valence electrons. The Balaban J connectivity index is 2.55. The van der Waals surface area contributed by atoms with Crippen molar-refractivity contribution in [3.05, 3.63) is 34.3 Å². The van der Waals surface area contributed by atoms with Gasteiger partial charge in [-0.2, -0.15) is 0 Å². The molecule has 1 unspecified atom stereocenters. The summed E-state index contributed by atoms with van der Waals surface area (Å²) in [4.78, 5) is 0. The fourth-order valence-electron chi connectivity index (χ4n) is 2.26. The molecule has 0 aliphatic rings. The molecule has 0 radical (unpaired) electrons. The monoisotopic (exact) mass is 355 g/mol. The highest BCUT2D eigenvalue weighted by Crippen LogP contribution is 2.27. The molecule has 0 fully saturated rings. The molecular weight excluding hydrogens is 326 g/mol. The molecule has 1 aromatic rings. The molecule has 1 atom stereocenters. The number of halogens is 1. The first-order valence-corrected chi connectivity index (χ1v) is 8.82. The standard InChI is InChI=1S/C18H30BrNO/c1-14(2)11-20-12-16(9-10-21-13-15(3)4)17-7-5-6-8-18(17)19/h5-8,14-16,20H,9-13H2,1-4H3. The van der Waals surface area contributed by atoms with Crippen LogP contribution in [0.4, 0.5) is 0 Å². The van der Waals surface area contributed by atoms with Gasteiger partial charge in [-0.3, -0.25) is 0 Å². The maximum Gasteiger partial charge on any atom is 0.0488 e. The van der Waals surface area contributed by atoms with Crippen molar-refractivity contribution < 1.29 is 4.74 Å². The average Bonchev–Trinajstić information content (AvgIpc) is 2.41. The van der Waals surface area contributed by atoms with Crippen molar-refractivity contribution in [2.45, 2.75) is 40.0 Å². The molecule has 0 saturated carbocycles. The van der Waals surface area contributed by atoms with Crippen molar-refractivity contribution in [2.75, 3.05) is 26.3 Å². The van der Waals surface area contributed by atoms with Gasteiger partial charge in [-0.15, -0.1) is 0 Å². The predicted octanol–water partition coefficient (Wildman–Crippen LogP) is 4.84. The minimum Gasteiger partial charge on any atom is -0.381 e. The molecule has 1 N–H and O–H groups in total. The summed E-state index contributed by atoms with van der Waals surface area (Å²) in [6, 6.07) is 8.53. The van der Waals surface area contributed by atoms with Gasteiger partial charge in [0.25, 0.3) is 0 Å². The summed E-state index contributed by atoms with van der Waals surface area (Å²) in [5.41, 5.74) is 1.38. The topological polar surface area (TPSA) is 21.3 Å². The van der Waals surface area contributed by atoms with E-state index in [1.165, 1.54) is 10.0 Å². The fourth-order valence-corrected chi connectivity index (χ4v) is 2.87. The third kappa shape index (κ3) is 7.98. The van der Waals surface area contributed by atoms with Crippen LogP contribution in [-0.2, 0) is 4.74 Å².